The molecule has 5 nitrogen and oxygen atoms in total. The zero-order valence-electron chi connectivity index (χ0n) is 10.6. The second-order valence-corrected chi connectivity index (χ2v) is 5.30. The van der Waals surface area contributed by atoms with Gasteiger partial charge in [0.15, 0.2) is 11.5 Å². The summed E-state index contributed by atoms with van der Waals surface area (Å²) in [5.41, 5.74) is 1.72. The summed E-state index contributed by atoms with van der Waals surface area (Å²) in [4.78, 5) is 1.95. The van der Waals surface area contributed by atoms with E-state index < -0.39 is 0 Å². The van der Waals surface area contributed by atoms with Crippen LogP contribution in [0.5, 0.6) is 0 Å². The van der Waals surface area contributed by atoms with E-state index in [1.807, 2.05) is 55.4 Å². The molecule has 2 aromatic heterocycles. The summed E-state index contributed by atoms with van der Waals surface area (Å²) in [6, 6.07) is 11.8. The first-order chi connectivity index (χ1) is 9.15. The summed E-state index contributed by atoms with van der Waals surface area (Å²) in [5, 5.41) is 12.9. The van der Waals surface area contributed by atoms with Gasteiger partial charge in [0, 0.05) is 24.1 Å². The third-order valence-corrected chi connectivity index (χ3v) is 3.34. The average Bonchev–Trinajstić information content (AvgIpc) is 2.82. The molecule has 3 aromatic rings. The summed E-state index contributed by atoms with van der Waals surface area (Å²) in [6.07, 6.45) is 0. The van der Waals surface area contributed by atoms with E-state index in [-0.39, 0.29) is 0 Å². The van der Waals surface area contributed by atoms with E-state index in [9.17, 15) is 0 Å². The Morgan fingerprint density at radius 2 is 1.74 bits per heavy atom. The van der Waals surface area contributed by atoms with Gasteiger partial charge in [0.05, 0.1) is 0 Å². The maximum atomic E-state index is 4.54. The van der Waals surface area contributed by atoms with Crippen LogP contribution in [0.15, 0.2) is 40.9 Å². The number of nitrogens with zero attached hydrogens (tertiary/aromatic N) is 5. The molecule has 0 fully saturated rings. The summed E-state index contributed by atoms with van der Waals surface area (Å²) in [7, 11) is 3.91. The second kappa shape index (κ2) is 4.62. The molecule has 0 aliphatic rings. The van der Waals surface area contributed by atoms with Crippen LogP contribution < -0.4 is 4.90 Å². The molecular weight excluding hydrogens is 306 g/mol. The van der Waals surface area contributed by atoms with Gasteiger partial charge in [-0.05, 0) is 24.3 Å². The van der Waals surface area contributed by atoms with Crippen molar-refractivity contribution < 1.29 is 0 Å². The fourth-order valence-electron chi connectivity index (χ4n) is 1.80. The van der Waals surface area contributed by atoms with Crippen LogP contribution in [-0.4, -0.2) is 33.9 Å². The van der Waals surface area contributed by atoms with Gasteiger partial charge < -0.3 is 4.90 Å². The molecule has 3 rings (SSSR count). The number of aromatic nitrogens is 4. The highest BCUT2D eigenvalue weighted by Crippen LogP contribution is 2.21. The van der Waals surface area contributed by atoms with E-state index in [1.165, 1.54) is 0 Å². The highest BCUT2D eigenvalue weighted by molar-refractivity contribution is 9.10. The lowest BCUT2D eigenvalue weighted by Gasteiger charge is -2.10. The molecular formula is C13H12BrN5. The van der Waals surface area contributed by atoms with Gasteiger partial charge in [-0.15, -0.1) is 15.3 Å². The van der Waals surface area contributed by atoms with Crippen molar-refractivity contribution in [1.29, 1.82) is 0 Å². The van der Waals surface area contributed by atoms with Crippen LogP contribution >= 0.6 is 15.9 Å². The number of halogens is 1. The van der Waals surface area contributed by atoms with Crippen LogP contribution in [0.4, 0.5) is 5.82 Å². The average molecular weight is 318 g/mol. The Kier molecular flexibility index (Phi) is 2.94. The zero-order valence-corrected chi connectivity index (χ0v) is 12.2. The van der Waals surface area contributed by atoms with Gasteiger partial charge in [0.2, 0.25) is 0 Å². The number of anilines is 1. The van der Waals surface area contributed by atoms with Crippen molar-refractivity contribution in [2.75, 3.05) is 19.0 Å². The van der Waals surface area contributed by atoms with Crippen molar-refractivity contribution in [3.8, 4) is 11.4 Å². The summed E-state index contributed by atoms with van der Waals surface area (Å²) >= 11 is 3.42. The van der Waals surface area contributed by atoms with Crippen LogP contribution in [0.1, 0.15) is 0 Å². The third kappa shape index (κ3) is 2.19. The van der Waals surface area contributed by atoms with Crippen molar-refractivity contribution in [2.24, 2.45) is 0 Å². The van der Waals surface area contributed by atoms with Crippen molar-refractivity contribution in [1.82, 2.24) is 19.8 Å². The van der Waals surface area contributed by atoms with E-state index >= 15 is 0 Å². The molecule has 0 radical (unpaired) electrons. The fourth-order valence-corrected chi connectivity index (χ4v) is 2.06. The van der Waals surface area contributed by atoms with Gasteiger partial charge in [0.1, 0.15) is 5.82 Å². The molecule has 0 unspecified atom stereocenters. The maximum Gasteiger partial charge on any atom is 0.185 e. The van der Waals surface area contributed by atoms with Crippen molar-refractivity contribution in [3.05, 3.63) is 40.9 Å². The first-order valence-electron chi connectivity index (χ1n) is 5.81. The Bertz CT molecular complexity index is 717. The van der Waals surface area contributed by atoms with Gasteiger partial charge in [-0.3, -0.25) is 0 Å². The molecule has 96 valence electrons. The molecule has 19 heavy (non-hydrogen) atoms. The van der Waals surface area contributed by atoms with E-state index in [0.717, 1.165) is 27.3 Å². The first-order valence-corrected chi connectivity index (χ1v) is 6.60. The Labute approximate surface area is 119 Å². The van der Waals surface area contributed by atoms with E-state index in [1.54, 1.807) is 4.52 Å². The molecule has 0 aliphatic heterocycles. The highest BCUT2D eigenvalue weighted by Gasteiger charge is 2.10. The molecule has 0 saturated carbocycles. The standard InChI is InChI=1S/C13H12BrN5/c1-18(2)12-8-7-11-15-16-13(19(11)17-12)9-3-5-10(14)6-4-9/h3-8H,1-2H3. The van der Waals surface area contributed by atoms with Crippen LogP contribution in [0, 0.1) is 0 Å². The number of benzene rings is 1. The third-order valence-electron chi connectivity index (χ3n) is 2.81. The van der Waals surface area contributed by atoms with E-state index in [4.69, 9.17) is 0 Å². The van der Waals surface area contributed by atoms with Gasteiger partial charge in [-0.25, -0.2) is 0 Å². The minimum Gasteiger partial charge on any atom is -0.361 e. The monoisotopic (exact) mass is 317 g/mol. The molecule has 1 aromatic carbocycles. The predicted molar refractivity (Wildman–Crippen MR) is 78.2 cm³/mol. The molecule has 0 bridgehead atoms. The van der Waals surface area contributed by atoms with E-state index in [2.05, 4.69) is 31.2 Å². The lowest BCUT2D eigenvalue weighted by atomic mass is 10.2. The molecule has 0 atom stereocenters. The van der Waals surface area contributed by atoms with Gasteiger partial charge in [0.25, 0.3) is 0 Å². The Balaban J connectivity index is 2.18. The zero-order chi connectivity index (χ0) is 13.4. The minimum atomic E-state index is 0.739. The minimum absolute atomic E-state index is 0.739. The molecule has 0 aliphatic carbocycles. The Hall–Kier alpha value is -1.95. The Morgan fingerprint density at radius 3 is 2.42 bits per heavy atom. The number of hydrogen-bond acceptors (Lipinski definition) is 4. The van der Waals surface area contributed by atoms with Crippen molar-refractivity contribution in [2.45, 2.75) is 0 Å². The molecule has 0 saturated heterocycles. The van der Waals surface area contributed by atoms with Crippen LogP contribution in [-0.2, 0) is 0 Å². The van der Waals surface area contributed by atoms with Crippen LogP contribution in [0.2, 0.25) is 0 Å². The smallest absolute Gasteiger partial charge is 0.185 e. The predicted octanol–water partition coefficient (Wildman–Crippen LogP) is 2.62. The molecule has 0 N–H and O–H groups in total. The van der Waals surface area contributed by atoms with E-state index in [0.29, 0.717) is 0 Å². The van der Waals surface area contributed by atoms with Crippen LogP contribution in [0.3, 0.4) is 0 Å². The quantitative estimate of drug-likeness (QED) is 0.729. The number of hydrogen-bond donors (Lipinski definition) is 0. The molecule has 2 heterocycles. The first kappa shape index (κ1) is 12.1. The topological polar surface area (TPSA) is 46.3 Å². The number of rotatable bonds is 2. The van der Waals surface area contributed by atoms with Gasteiger partial charge >= 0.3 is 0 Å². The highest BCUT2D eigenvalue weighted by atomic mass is 79.9. The maximum absolute atomic E-state index is 4.54. The van der Waals surface area contributed by atoms with Gasteiger partial charge in [-0.1, -0.05) is 28.1 Å². The largest absolute Gasteiger partial charge is 0.361 e. The SMILES string of the molecule is CN(C)c1ccc2nnc(-c3ccc(Br)cc3)n2n1. The fraction of sp³-hybridized carbons (Fsp3) is 0.154. The summed E-state index contributed by atoms with van der Waals surface area (Å²) in [6.45, 7) is 0. The second-order valence-electron chi connectivity index (χ2n) is 4.39. The number of fused-ring (bicyclic) bond motifs is 1. The molecule has 0 spiro atoms. The summed E-state index contributed by atoms with van der Waals surface area (Å²) < 4.78 is 2.80. The lowest BCUT2D eigenvalue weighted by molar-refractivity contribution is 0.902. The summed E-state index contributed by atoms with van der Waals surface area (Å²) in [5.74, 6) is 1.61. The molecule has 6 heteroatoms. The van der Waals surface area contributed by atoms with Crippen molar-refractivity contribution in [3.63, 3.8) is 0 Å². The van der Waals surface area contributed by atoms with Crippen molar-refractivity contribution >= 4 is 27.4 Å². The normalized spacial score (nSPS) is 10.9. The van der Waals surface area contributed by atoms with Gasteiger partial charge in [-0.2, -0.15) is 4.52 Å². The van der Waals surface area contributed by atoms with Crippen LogP contribution in [0.25, 0.3) is 17.0 Å². The molecule has 0 amide bonds. The Morgan fingerprint density at radius 1 is 1.00 bits per heavy atom. The lowest BCUT2D eigenvalue weighted by Crippen LogP contribution is -2.12.